The number of hydrogen-bond acceptors (Lipinski definition) is 2. The minimum absolute atomic E-state index is 0.0983. The predicted molar refractivity (Wildman–Crippen MR) is 45.9 cm³/mol. The molecule has 1 aliphatic rings. The van der Waals surface area contributed by atoms with Gasteiger partial charge in [0.1, 0.15) is 5.75 Å². The summed E-state index contributed by atoms with van der Waals surface area (Å²) in [6.45, 7) is 2.70. The minimum Gasteiger partial charge on any atom is -0.508 e. The van der Waals surface area contributed by atoms with Crippen LogP contribution < -0.4 is 0 Å². The van der Waals surface area contributed by atoms with Crippen molar-refractivity contribution in [2.75, 3.05) is 0 Å². The van der Waals surface area contributed by atoms with Gasteiger partial charge in [0.25, 0.3) is 0 Å². The SMILES string of the molecule is CC[C@H]1OCc2cccc(O)c21. The summed E-state index contributed by atoms with van der Waals surface area (Å²) in [5.41, 5.74) is 2.11. The van der Waals surface area contributed by atoms with Crippen molar-refractivity contribution in [3.63, 3.8) is 0 Å². The van der Waals surface area contributed by atoms with E-state index in [9.17, 15) is 5.11 Å². The third-order valence-corrected chi connectivity index (χ3v) is 2.31. The van der Waals surface area contributed by atoms with E-state index >= 15 is 0 Å². The molecule has 0 bridgehead atoms. The third kappa shape index (κ3) is 0.994. The highest BCUT2D eigenvalue weighted by molar-refractivity contribution is 5.42. The van der Waals surface area contributed by atoms with Gasteiger partial charge in [-0.3, -0.25) is 0 Å². The molecule has 2 nitrogen and oxygen atoms in total. The number of benzene rings is 1. The first-order valence-corrected chi connectivity index (χ1v) is 4.25. The van der Waals surface area contributed by atoms with Crippen LogP contribution in [0.3, 0.4) is 0 Å². The van der Waals surface area contributed by atoms with Crippen LogP contribution in [0.15, 0.2) is 18.2 Å². The van der Waals surface area contributed by atoms with Crippen LogP contribution in [0.2, 0.25) is 0 Å². The van der Waals surface area contributed by atoms with Crippen LogP contribution in [0.4, 0.5) is 0 Å². The Morgan fingerprint density at radius 3 is 3.17 bits per heavy atom. The number of hydrogen-bond donors (Lipinski definition) is 1. The summed E-state index contributed by atoms with van der Waals surface area (Å²) in [5, 5.41) is 9.55. The quantitative estimate of drug-likeness (QED) is 0.690. The molecule has 0 aliphatic carbocycles. The Kier molecular flexibility index (Phi) is 1.77. The number of rotatable bonds is 1. The molecule has 12 heavy (non-hydrogen) atoms. The molecule has 1 N–H and O–H groups in total. The molecule has 0 saturated heterocycles. The molecule has 1 heterocycles. The summed E-state index contributed by atoms with van der Waals surface area (Å²) in [6, 6.07) is 5.58. The Morgan fingerprint density at radius 1 is 1.58 bits per heavy atom. The average Bonchev–Trinajstić information content (AvgIpc) is 2.49. The van der Waals surface area contributed by atoms with E-state index in [0.717, 1.165) is 17.5 Å². The smallest absolute Gasteiger partial charge is 0.121 e. The molecular weight excluding hydrogens is 152 g/mol. The van der Waals surface area contributed by atoms with Gasteiger partial charge in [-0.1, -0.05) is 19.1 Å². The van der Waals surface area contributed by atoms with Crippen LogP contribution in [0.1, 0.15) is 30.6 Å². The van der Waals surface area contributed by atoms with Crippen molar-refractivity contribution in [2.45, 2.75) is 26.1 Å². The molecule has 0 fully saturated rings. The van der Waals surface area contributed by atoms with E-state index in [1.807, 2.05) is 12.1 Å². The van der Waals surface area contributed by atoms with Crippen molar-refractivity contribution in [1.29, 1.82) is 0 Å². The standard InChI is InChI=1S/C10H12O2/c1-2-9-10-7(6-12-9)4-3-5-8(10)11/h3-5,9,11H,2,6H2,1H3/t9-/m1/s1. The van der Waals surface area contributed by atoms with Crippen LogP contribution in [0.25, 0.3) is 0 Å². The number of fused-ring (bicyclic) bond motifs is 1. The molecule has 1 aromatic rings. The van der Waals surface area contributed by atoms with Crippen molar-refractivity contribution < 1.29 is 9.84 Å². The number of ether oxygens (including phenoxy) is 1. The average molecular weight is 164 g/mol. The molecule has 0 amide bonds. The van der Waals surface area contributed by atoms with Crippen LogP contribution in [0.5, 0.6) is 5.75 Å². The zero-order chi connectivity index (χ0) is 8.55. The largest absolute Gasteiger partial charge is 0.508 e. The fourth-order valence-electron chi connectivity index (χ4n) is 1.69. The van der Waals surface area contributed by atoms with Gasteiger partial charge in [0, 0.05) is 5.56 Å². The van der Waals surface area contributed by atoms with Gasteiger partial charge in [0.2, 0.25) is 0 Å². The van der Waals surface area contributed by atoms with Crippen molar-refractivity contribution in [3.8, 4) is 5.75 Å². The first-order chi connectivity index (χ1) is 5.83. The topological polar surface area (TPSA) is 29.5 Å². The fraction of sp³-hybridized carbons (Fsp3) is 0.400. The zero-order valence-electron chi connectivity index (χ0n) is 7.08. The van der Waals surface area contributed by atoms with Gasteiger partial charge in [-0.2, -0.15) is 0 Å². The van der Waals surface area contributed by atoms with Crippen LogP contribution in [0, 0.1) is 0 Å². The molecule has 64 valence electrons. The third-order valence-electron chi connectivity index (χ3n) is 2.31. The lowest BCUT2D eigenvalue weighted by Crippen LogP contribution is -1.92. The molecule has 1 aliphatic heterocycles. The molecule has 0 aromatic heterocycles. The van der Waals surface area contributed by atoms with Gasteiger partial charge in [-0.25, -0.2) is 0 Å². The molecule has 1 aromatic carbocycles. The highest BCUT2D eigenvalue weighted by Crippen LogP contribution is 2.38. The Morgan fingerprint density at radius 2 is 2.42 bits per heavy atom. The molecule has 0 saturated carbocycles. The highest BCUT2D eigenvalue weighted by Gasteiger charge is 2.24. The maximum absolute atomic E-state index is 9.55. The molecule has 2 rings (SSSR count). The van der Waals surface area contributed by atoms with E-state index in [0.29, 0.717) is 12.4 Å². The van der Waals surface area contributed by atoms with Gasteiger partial charge in [0.05, 0.1) is 12.7 Å². The van der Waals surface area contributed by atoms with Gasteiger partial charge >= 0.3 is 0 Å². The Balaban J connectivity index is 2.48. The Hall–Kier alpha value is -1.02. The van der Waals surface area contributed by atoms with Gasteiger partial charge < -0.3 is 9.84 Å². The van der Waals surface area contributed by atoms with Gasteiger partial charge in [0.15, 0.2) is 0 Å². The van der Waals surface area contributed by atoms with Crippen molar-refractivity contribution in [1.82, 2.24) is 0 Å². The number of phenols is 1. The molecule has 0 radical (unpaired) electrons. The van der Waals surface area contributed by atoms with Gasteiger partial charge in [-0.05, 0) is 18.1 Å². The van der Waals surface area contributed by atoms with E-state index in [1.54, 1.807) is 6.07 Å². The predicted octanol–water partition coefficient (Wildman–Crippen LogP) is 2.37. The zero-order valence-corrected chi connectivity index (χ0v) is 7.08. The molecule has 1 atom stereocenters. The van der Waals surface area contributed by atoms with E-state index in [4.69, 9.17) is 4.74 Å². The molecular formula is C10H12O2. The molecule has 0 spiro atoms. The van der Waals surface area contributed by atoms with Crippen molar-refractivity contribution >= 4 is 0 Å². The summed E-state index contributed by atoms with van der Waals surface area (Å²) in [7, 11) is 0. The molecule has 0 unspecified atom stereocenters. The summed E-state index contributed by atoms with van der Waals surface area (Å²) in [4.78, 5) is 0. The maximum Gasteiger partial charge on any atom is 0.121 e. The number of aromatic hydroxyl groups is 1. The molecule has 2 heteroatoms. The van der Waals surface area contributed by atoms with E-state index in [-0.39, 0.29) is 6.10 Å². The second-order valence-corrected chi connectivity index (χ2v) is 3.06. The van der Waals surface area contributed by atoms with E-state index in [1.165, 1.54) is 0 Å². The second-order valence-electron chi connectivity index (χ2n) is 3.06. The lowest BCUT2D eigenvalue weighted by atomic mass is 10.0. The van der Waals surface area contributed by atoms with Gasteiger partial charge in [-0.15, -0.1) is 0 Å². The summed E-state index contributed by atoms with van der Waals surface area (Å²) in [6.07, 6.45) is 1.02. The summed E-state index contributed by atoms with van der Waals surface area (Å²) >= 11 is 0. The van der Waals surface area contributed by atoms with E-state index < -0.39 is 0 Å². The van der Waals surface area contributed by atoms with Crippen molar-refractivity contribution in [2.24, 2.45) is 0 Å². The summed E-state index contributed by atoms with van der Waals surface area (Å²) in [5.74, 6) is 0.372. The van der Waals surface area contributed by atoms with Crippen molar-refractivity contribution in [3.05, 3.63) is 29.3 Å². The Bertz CT molecular complexity index is 294. The lowest BCUT2D eigenvalue weighted by Gasteiger charge is -2.08. The first kappa shape index (κ1) is 7.62. The van der Waals surface area contributed by atoms with Crippen LogP contribution in [-0.4, -0.2) is 5.11 Å². The fourth-order valence-corrected chi connectivity index (χ4v) is 1.69. The lowest BCUT2D eigenvalue weighted by molar-refractivity contribution is 0.0626. The van der Waals surface area contributed by atoms with E-state index in [2.05, 4.69) is 6.92 Å². The number of phenolic OH excluding ortho intramolecular Hbond substituents is 1. The van der Waals surface area contributed by atoms with Crippen LogP contribution in [-0.2, 0) is 11.3 Å². The van der Waals surface area contributed by atoms with Crippen LogP contribution >= 0.6 is 0 Å². The second kappa shape index (κ2) is 2.79. The Labute approximate surface area is 71.8 Å². The summed E-state index contributed by atoms with van der Waals surface area (Å²) < 4.78 is 5.49. The first-order valence-electron chi connectivity index (χ1n) is 4.25. The normalized spacial score (nSPS) is 20.9. The highest BCUT2D eigenvalue weighted by atomic mass is 16.5. The maximum atomic E-state index is 9.55. The minimum atomic E-state index is 0.0983. The monoisotopic (exact) mass is 164 g/mol.